The summed E-state index contributed by atoms with van der Waals surface area (Å²) >= 11 is 0. The Kier molecular flexibility index (Phi) is 3.37. The van der Waals surface area contributed by atoms with E-state index in [9.17, 15) is 8.42 Å². The molecule has 0 fully saturated rings. The van der Waals surface area contributed by atoms with Gasteiger partial charge in [0.25, 0.3) is 0 Å². The van der Waals surface area contributed by atoms with E-state index in [0.29, 0.717) is 11.6 Å². The molecule has 16 heavy (non-hydrogen) atoms. The zero-order valence-electron chi connectivity index (χ0n) is 9.56. The highest BCUT2D eigenvalue weighted by molar-refractivity contribution is 7.92. The minimum atomic E-state index is -3.12. The minimum Gasteiger partial charge on any atom is -0.384 e. The lowest BCUT2D eigenvalue weighted by Crippen LogP contribution is -2.38. The smallest absolute Gasteiger partial charge is 0.154 e. The van der Waals surface area contributed by atoms with Crippen LogP contribution in [0.4, 0.5) is 11.6 Å². The molecular formula is C9H16N4O2S. The van der Waals surface area contributed by atoms with Crippen LogP contribution in [0.3, 0.4) is 0 Å². The van der Waals surface area contributed by atoms with E-state index in [1.54, 1.807) is 19.9 Å². The summed E-state index contributed by atoms with van der Waals surface area (Å²) in [5.41, 5.74) is 5.47. The topological polar surface area (TPSA) is 98.0 Å². The Hall–Kier alpha value is -1.37. The maximum atomic E-state index is 11.4. The zero-order chi connectivity index (χ0) is 12.4. The molecule has 0 saturated carbocycles. The SMILES string of the molecule is CC(C)(CNc1cc(N)ncn1)S(C)(=O)=O. The average Bonchev–Trinajstić information content (AvgIpc) is 2.13. The summed E-state index contributed by atoms with van der Waals surface area (Å²) in [6.07, 6.45) is 2.54. The number of nitrogens with one attached hydrogen (secondary N) is 1. The van der Waals surface area contributed by atoms with Crippen LogP contribution < -0.4 is 11.1 Å². The Balaban J connectivity index is 2.72. The van der Waals surface area contributed by atoms with E-state index < -0.39 is 14.6 Å². The molecule has 0 aliphatic heterocycles. The summed E-state index contributed by atoms with van der Waals surface area (Å²) in [4.78, 5) is 7.67. The van der Waals surface area contributed by atoms with Gasteiger partial charge in [-0.05, 0) is 13.8 Å². The molecule has 90 valence electrons. The van der Waals surface area contributed by atoms with Crippen molar-refractivity contribution in [3.63, 3.8) is 0 Å². The summed E-state index contributed by atoms with van der Waals surface area (Å²) in [6, 6.07) is 1.55. The van der Waals surface area contributed by atoms with Gasteiger partial charge in [0.15, 0.2) is 9.84 Å². The molecule has 1 aromatic heterocycles. The molecule has 0 unspecified atom stereocenters. The lowest BCUT2D eigenvalue weighted by atomic mass is 10.2. The first kappa shape index (κ1) is 12.7. The predicted molar refractivity (Wildman–Crippen MR) is 63.9 cm³/mol. The number of aromatic nitrogens is 2. The van der Waals surface area contributed by atoms with E-state index in [-0.39, 0.29) is 6.54 Å². The van der Waals surface area contributed by atoms with Gasteiger partial charge in [-0.25, -0.2) is 18.4 Å². The molecule has 0 radical (unpaired) electrons. The molecule has 0 atom stereocenters. The second-order valence-electron chi connectivity index (χ2n) is 4.21. The van der Waals surface area contributed by atoms with Crippen molar-refractivity contribution >= 4 is 21.5 Å². The van der Waals surface area contributed by atoms with Crippen LogP contribution >= 0.6 is 0 Å². The molecule has 1 heterocycles. The van der Waals surface area contributed by atoms with Gasteiger partial charge in [-0.15, -0.1) is 0 Å². The van der Waals surface area contributed by atoms with Crippen LogP contribution in [-0.4, -0.2) is 35.9 Å². The molecule has 7 heteroatoms. The predicted octanol–water partition coefficient (Wildman–Crippen LogP) is 0.294. The Morgan fingerprint density at radius 1 is 1.44 bits per heavy atom. The maximum absolute atomic E-state index is 11.4. The van der Waals surface area contributed by atoms with Gasteiger partial charge in [0.05, 0.1) is 4.75 Å². The zero-order valence-corrected chi connectivity index (χ0v) is 10.4. The molecule has 0 saturated heterocycles. The van der Waals surface area contributed by atoms with Crippen LogP contribution in [0, 0.1) is 0 Å². The van der Waals surface area contributed by atoms with Crippen molar-refractivity contribution in [2.24, 2.45) is 0 Å². The van der Waals surface area contributed by atoms with E-state index in [1.165, 1.54) is 12.6 Å². The van der Waals surface area contributed by atoms with E-state index in [4.69, 9.17) is 5.73 Å². The second kappa shape index (κ2) is 4.25. The maximum Gasteiger partial charge on any atom is 0.154 e. The molecule has 0 amide bonds. The molecule has 0 bridgehead atoms. The van der Waals surface area contributed by atoms with Gasteiger partial charge < -0.3 is 11.1 Å². The van der Waals surface area contributed by atoms with Gasteiger partial charge in [0.2, 0.25) is 0 Å². The van der Waals surface area contributed by atoms with Crippen molar-refractivity contribution in [1.82, 2.24) is 9.97 Å². The van der Waals surface area contributed by atoms with Crippen LogP contribution in [0.25, 0.3) is 0 Å². The first-order chi connectivity index (χ1) is 7.22. The number of nitrogens with two attached hydrogens (primary N) is 1. The Bertz CT molecular complexity index is 470. The van der Waals surface area contributed by atoms with Crippen molar-refractivity contribution in [2.75, 3.05) is 23.9 Å². The van der Waals surface area contributed by atoms with Crippen LogP contribution in [0.15, 0.2) is 12.4 Å². The molecule has 1 rings (SSSR count). The van der Waals surface area contributed by atoms with E-state index in [2.05, 4.69) is 15.3 Å². The van der Waals surface area contributed by atoms with Crippen molar-refractivity contribution in [3.05, 3.63) is 12.4 Å². The third-order valence-corrected chi connectivity index (χ3v) is 4.54. The van der Waals surface area contributed by atoms with E-state index in [1.807, 2.05) is 0 Å². The highest BCUT2D eigenvalue weighted by atomic mass is 32.2. The number of hydrogen-bond acceptors (Lipinski definition) is 6. The molecule has 0 aromatic carbocycles. The van der Waals surface area contributed by atoms with E-state index >= 15 is 0 Å². The molecule has 0 aliphatic rings. The minimum absolute atomic E-state index is 0.266. The highest BCUT2D eigenvalue weighted by Gasteiger charge is 2.29. The number of nitrogens with zero attached hydrogens (tertiary/aromatic N) is 2. The second-order valence-corrected chi connectivity index (χ2v) is 6.86. The third-order valence-electron chi connectivity index (χ3n) is 2.39. The van der Waals surface area contributed by atoms with Gasteiger partial charge in [0.1, 0.15) is 18.0 Å². The molecule has 6 nitrogen and oxygen atoms in total. The first-order valence-corrected chi connectivity index (χ1v) is 6.62. The fourth-order valence-electron chi connectivity index (χ4n) is 0.904. The van der Waals surface area contributed by atoms with Gasteiger partial charge in [-0.3, -0.25) is 0 Å². The first-order valence-electron chi connectivity index (χ1n) is 4.73. The summed E-state index contributed by atoms with van der Waals surface area (Å²) in [6.45, 7) is 3.57. The molecule has 0 aliphatic carbocycles. The van der Waals surface area contributed by atoms with Crippen LogP contribution in [-0.2, 0) is 9.84 Å². The standard InChI is InChI=1S/C9H16N4O2S/c1-9(2,16(3,14)15)5-11-8-4-7(10)12-6-13-8/h4,6H,5H2,1-3H3,(H3,10,11,12,13). The lowest BCUT2D eigenvalue weighted by molar-refractivity contribution is 0.559. The number of hydrogen-bond donors (Lipinski definition) is 2. The highest BCUT2D eigenvalue weighted by Crippen LogP contribution is 2.16. The fraction of sp³-hybridized carbons (Fsp3) is 0.556. The number of sulfone groups is 1. The van der Waals surface area contributed by atoms with Gasteiger partial charge in [0, 0.05) is 18.9 Å². The Labute approximate surface area is 95.2 Å². The molecular weight excluding hydrogens is 228 g/mol. The molecule has 1 aromatic rings. The quantitative estimate of drug-likeness (QED) is 0.790. The average molecular weight is 244 g/mol. The van der Waals surface area contributed by atoms with Crippen molar-refractivity contribution in [2.45, 2.75) is 18.6 Å². The summed E-state index contributed by atoms with van der Waals surface area (Å²) in [5.74, 6) is 0.860. The molecule has 3 N–H and O–H groups in total. The number of rotatable bonds is 4. The Morgan fingerprint density at radius 3 is 2.56 bits per heavy atom. The number of anilines is 2. The normalized spacial score (nSPS) is 12.4. The largest absolute Gasteiger partial charge is 0.384 e. The summed E-state index contributed by atoms with van der Waals surface area (Å²) < 4.78 is 22.0. The lowest BCUT2D eigenvalue weighted by Gasteiger charge is -2.22. The van der Waals surface area contributed by atoms with Crippen LogP contribution in [0.1, 0.15) is 13.8 Å². The van der Waals surface area contributed by atoms with Gasteiger partial charge in [-0.1, -0.05) is 0 Å². The van der Waals surface area contributed by atoms with E-state index in [0.717, 1.165) is 0 Å². The van der Waals surface area contributed by atoms with Crippen molar-refractivity contribution in [3.8, 4) is 0 Å². The fourth-order valence-corrected chi connectivity index (χ4v) is 1.24. The van der Waals surface area contributed by atoms with Crippen molar-refractivity contribution < 1.29 is 8.42 Å². The van der Waals surface area contributed by atoms with Crippen LogP contribution in [0.2, 0.25) is 0 Å². The summed E-state index contributed by atoms with van der Waals surface area (Å²) in [5, 5.41) is 2.92. The number of nitrogen functional groups attached to an aromatic ring is 1. The van der Waals surface area contributed by atoms with Crippen molar-refractivity contribution in [1.29, 1.82) is 0 Å². The monoisotopic (exact) mass is 244 g/mol. The van der Waals surface area contributed by atoms with Crippen LogP contribution in [0.5, 0.6) is 0 Å². The van der Waals surface area contributed by atoms with Gasteiger partial charge in [-0.2, -0.15) is 0 Å². The Morgan fingerprint density at radius 2 is 2.06 bits per heavy atom. The molecule has 0 spiro atoms. The van der Waals surface area contributed by atoms with Gasteiger partial charge >= 0.3 is 0 Å². The third kappa shape index (κ3) is 3.06. The summed E-state index contributed by atoms with van der Waals surface area (Å²) in [7, 11) is -3.12.